The standard InChI is InChI=1S/C23H26N2O5/c1-13-20-16(26)11-23(2,3)12-18(20)30-21(13)22(28)24-14-7-8-15(17(10-14)29-4)25-9-5-6-19(25)27/h7-8,10H,5-6,9,11-12H2,1-4H3,(H,24,28). The van der Waals surface area contributed by atoms with Gasteiger partial charge < -0.3 is 19.4 Å². The van der Waals surface area contributed by atoms with E-state index in [4.69, 9.17) is 9.15 Å². The van der Waals surface area contributed by atoms with E-state index in [-0.39, 0.29) is 22.9 Å². The summed E-state index contributed by atoms with van der Waals surface area (Å²) in [6.45, 7) is 6.44. The van der Waals surface area contributed by atoms with Crippen LogP contribution < -0.4 is 15.0 Å². The molecule has 0 atom stereocenters. The molecule has 158 valence electrons. The number of hydrogen-bond donors (Lipinski definition) is 1. The van der Waals surface area contributed by atoms with Crippen LogP contribution in [0, 0.1) is 12.3 Å². The summed E-state index contributed by atoms with van der Waals surface area (Å²) >= 11 is 0. The van der Waals surface area contributed by atoms with Gasteiger partial charge in [0.25, 0.3) is 5.91 Å². The van der Waals surface area contributed by atoms with Crippen LogP contribution in [0.15, 0.2) is 22.6 Å². The van der Waals surface area contributed by atoms with Crippen LogP contribution in [0.4, 0.5) is 11.4 Å². The predicted molar refractivity (Wildman–Crippen MR) is 112 cm³/mol. The maximum absolute atomic E-state index is 12.9. The van der Waals surface area contributed by atoms with Gasteiger partial charge in [0.1, 0.15) is 11.5 Å². The quantitative estimate of drug-likeness (QED) is 0.819. The van der Waals surface area contributed by atoms with Crippen LogP contribution in [0.2, 0.25) is 0 Å². The van der Waals surface area contributed by atoms with Crippen LogP contribution in [0.3, 0.4) is 0 Å². The van der Waals surface area contributed by atoms with E-state index in [2.05, 4.69) is 5.32 Å². The Hall–Kier alpha value is -3.09. The number of carbonyl (C=O) groups is 3. The molecule has 1 aromatic heterocycles. The predicted octanol–water partition coefficient (Wildman–Crippen LogP) is 4.13. The second-order valence-corrected chi connectivity index (χ2v) is 8.78. The molecule has 0 radical (unpaired) electrons. The van der Waals surface area contributed by atoms with E-state index in [0.717, 1.165) is 6.42 Å². The van der Waals surface area contributed by atoms with Crippen molar-refractivity contribution in [2.45, 2.75) is 46.5 Å². The van der Waals surface area contributed by atoms with Crippen LogP contribution >= 0.6 is 0 Å². The SMILES string of the molecule is COc1cc(NC(=O)c2oc3c(c2C)C(=O)CC(C)(C)C3)ccc1N1CCCC1=O. The van der Waals surface area contributed by atoms with Crippen LogP contribution in [-0.2, 0) is 11.2 Å². The molecule has 4 rings (SSSR count). The van der Waals surface area contributed by atoms with Crippen LogP contribution in [0.1, 0.15) is 65.3 Å². The van der Waals surface area contributed by atoms with E-state index in [1.54, 1.807) is 30.0 Å². The van der Waals surface area contributed by atoms with Gasteiger partial charge in [0, 0.05) is 43.1 Å². The Bertz CT molecular complexity index is 1050. The molecule has 1 fully saturated rings. The second kappa shape index (κ2) is 7.31. The van der Waals surface area contributed by atoms with Crippen molar-refractivity contribution in [2.24, 2.45) is 5.41 Å². The molecular formula is C23H26N2O5. The lowest BCUT2D eigenvalue weighted by Crippen LogP contribution is -2.26. The fourth-order valence-corrected chi connectivity index (χ4v) is 4.37. The zero-order valence-electron chi connectivity index (χ0n) is 17.8. The van der Waals surface area contributed by atoms with Gasteiger partial charge in [0.15, 0.2) is 11.5 Å². The Kier molecular flexibility index (Phi) is 4.92. The number of ketones is 1. The Labute approximate surface area is 175 Å². The average Bonchev–Trinajstić information content (AvgIpc) is 3.23. The third-order valence-electron chi connectivity index (χ3n) is 5.78. The summed E-state index contributed by atoms with van der Waals surface area (Å²) in [5.74, 6) is 0.913. The zero-order valence-corrected chi connectivity index (χ0v) is 17.8. The second-order valence-electron chi connectivity index (χ2n) is 8.78. The molecule has 7 heteroatoms. The number of benzene rings is 1. The van der Waals surface area contributed by atoms with Crippen molar-refractivity contribution in [1.29, 1.82) is 0 Å². The van der Waals surface area contributed by atoms with Crippen molar-refractivity contribution >= 4 is 29.0 Å². The first-order chi connectivity index (χ1) is 14.2. The molecular weight excluding hydrogens is 384 g/mol. The Morgan fingerprint density at radius 1 is 1.23 bits per heavy atom. The lowest BCUT2D eigenvalue weighted by atomic mass is 9.76. The molecule has 1 aromatic carbocycles. The highest BCUT2D eigenvalue weighted by Gasteiger charge is 2.37. The first-order valence-electron chi connectivity index (χ1n) is 10.2. The third kappa shape index (κ3) is 3.49. The first kappa shape index (κ1) is 20.2. The zero-order chi connectivity index (χ0) is 21.6. The van der Waals surface area contributed by atoms with E-state index >= 15 is 0 Å². The van der Waals surface area contributed by atoms with Crippen LogP contribution in [0.5, 0.6) is 5.75 Å². The molecule has 2 aromatic rings. The smallest absolute Gasteiger partial charge is 0.291 e. The largest absolute Gasteiger partial charge is 0.494 e. The third-order valence-corrected chi connectivity index (χ3v) is 5.78. The molecule has 1 saturated heterocycles. The summed E-state index contributed by atoms with van der Waals surface area (Å²) < 4.78 is 11.3. The molecule has 2 amide bonds. The van der Waals surface area contributed by atoms with E-state index in [9.17, 15) is 14.4 Å². The molecule has 0 bridgehead atoms. The lowest BCUT2D eigenvalue weighted by Gasteiger charge is -2.27. The minimum absolute atomic E-state index is 0.0165. The summed E-state index contributed by atoms with van der Waals surface area (Å²) in [6.07, 6.45) is 2.40. The highest BCUT2D eigenvalue weighted by molar-refractivity contribution is 6.08. The number of amides is 2. The van der Waals surface area contributed by atoms with E-state index < -0.39 is 5.91 Å². The molecule has 0 unspecified atom stereocenters. The van der Waals surface area contributed by atoms with Crippen molar-refractivity contribution in [3.05, 3.63) is 40.8 Å². The van der Waals surface area contributed by atoms with Crippen molar-refractivity contribution in [1.82, 2.24) is 0 Å². The molecule has 2 aliphatic rings. The maximum atomic E-state index is 12.9. The molecule has 0 saturated carbocycles. The molecule has 30 heavy (non-hydrogen) atoms. The maximum Gasteiger partial charge on any atom is 0.291 e. The van der Waals surface area contributed by atoms with Gasteiger partial charge in [-0.15, -0.1) is 0 Å². The van der Waals surface area contributed by atoms with Gasteiger partial charge in [0.05, 0.1) is 18.4 Å². The number of nitrogens with one attached hydrogen (secondary N) is 1. The number of furan rings is 1. The summed E-state index contributed by atoms with van der Waals surface area (Å²) in [6, 6.07) is 5.18. The topological polar surface area (TPSA) is 88.8 Å². The molecule has 0 spiro atoms. The number of ether oxygens (including phenoxy) is 1. The Morgan fingerprint density at radius 3 is 2.67 bits per heavy atom. The van der Waals surface area contributed by atoms with E-state index in [0.29, 0.717) is 59.8 Å². The minimum atomic E-state index is -0.417. The number of anilines is 2. The number of rotatable bonds is 4. The van der Waals surface area contributed by atoms with E-state index in [1.165, 1.54) is 7.11 Å². The molecule has 2 heterocycles. The molecule has 1 N–H and O–H groups in total. The molecule has 7 nitrogen and oxygen atoms in total. The van der Waals surface area contributed by atoms with E-state index in [1.807, 2.05) is 13.8 Å². The number of nitrogens with zero attached hydrogens (tertiary/aromatic N) is 1. The summed E-state index contributed by atoms with van der Waals surface area (Å²) in [5, 5.41) is 2.82. The van der Waals surface area contributed by atoms with Crippen molar-refractivity contribution in [3.8, 4) is 5.75 Å². The van der Waals surface area contributed by atoms with Gasteiger partial charge in [0.2, 0.25) is 5.91 Å². The summed E-state index contributed by atoms with van der Waals surface area (Å²) in [4.78, 5) is 39.2. The first-order valence-corrected chi connectivity index (χ1v) is 10.2. The number of methoxy groups -OCH3 is 1. The van der Waals surface area contributed by atoms with Gasteiger partial charge >= 0.3 is 0 Å². The molecule has 1 aliphatic heterocycles. The lowest BCUT2D eigenvalue weighted by molar-refractivity contribution is -0.117. The number of fused-ring (bicyclic) bond motifs is 1. The van der Waals surface area contributed by atoms with Crippen LogP contribution in [-0.4, -0.2) is 31.3 Å². The minimum Gasteiger partial charge on any atom is -0.494 e. The van der Waals surface area contributed by atoms with Gasteiger partial charge in [-0.05, 0) is 30.9 Å². The van der Waals surface area contributed by atoms with Crippen molar-refractivity contribution < 1.29 is 23.5 Å². The highest BCUT2D eigenvalue weighted by atomic mass is 16.5. The number of Topliss-reactive ketones (excluding diaryl/α,β-unsaturated/α-hetero) is 1. The highest BCUT2D eigenvalue weighted by Crippen LogP contribution is 2.39. The number of carbonyl (C=O) groups excluding carboxylic acids is 3. The number of hydrogen-bond acceptors (Lipinski definition) is 5. The van der Waals surface area contributed by atoms with Crippen molar-refractivity contribution in [2.75, 3.05) is 23.9 Å². The Morgan fingerprint density at radius 2 is 2.00 bits per heavy atom. The molecule has 1 aliphatic carbocycles. The summed E-state index contributed by atoms with van der Waals surface area (Å²) in [7, 11) is 1.53. The van der Waals surface area contributed by atoms with Gasteiger partial charge in [-0.1, -0.05) is 13.8 Å². The van der Waals surface area contributed by atoms with Crippen molar-refractivity contribution in [3.63, 3.8) is 0 Å². The normalized spacial score (nSPS) is 17.8. The Balaban J connectivity index is 1.59. The monoisotopic (exact) mass is 410 g/mol. The van der Waals surface area contributed by atoms with Gasteiger partial charge in [-0.2, -0.15) is 0 Å². The van der Waals surface area contributed by atoms with Gasteiger partial charge in [-0.3, -0.25) is 14.4 Å². The fraction of sp³-hybridized carbons (Fsp3) is 0.435. The summed E-state index contributed by atoms with van der Waals surface area (Å²) in [5.41, 5.74) is 2.15. The van der Waals surface area contributed by atoms with Crippen LogP contribution in [0.25, 0.3) is 0 Å². The van der Waals surface area contributed by atoms with Gasteiger partial charge in [-0.25, -0.2) is 0 Å². The fourth-order valence-electron chi connectivity index (χ4n) is 4.37. The average molecular weight is 410 g/mol.